The lowest BCUT2D eigenvalue weighted by Gasteiger charge is -2.14. The minimum Gasteiger partial charge on any atom is -0.490 e. The molecule has 3 aromatic carbocycles. The Hall–Kier alpha value is -2.35. The highest BCUT2D eigenvalue weighted by atomic mass is 79.9. The quantitative estimate of drug-likeness (QED) is 0.247. The summed E-state index contributed by atoms with van der Waals surface area (Å²) in [4.78, 5) is 12.2. The molecule has 0 unspecified atom stereocenters. The smallest absolute Gasteiger partial charge is 0.271 e. The molecular weight excluding hydrogens is 548 g/mol. The largest absolute Gasteiger partial charge is 0.490 e. The Balaban J connectivity index is 1.71. The molecule has 31 heavy (non-hydrogen) atoms. The van der Waals surface area contributed by atoms with Crippen molar-refractivity contribution in [2.75, 3.05) is 6.61 Å². The van der Waals surface area contributed by atoms with Crippen LogP contribution in [0.3, 0.4) is 0 Å². The number of amides is 1. The lowest BCUT2D eigenvalue weighted by molar-refractivity contribution is 0.0955. The second kappa shape index (κ2) is 11.3. The number of ether oxygens (including phenoxy) is 2. The molecule has 0 fully saturated rings. The van der Waals surface area contributed by atoms with Crippen LogP contribution in [0.2, 0.25) is 5.02 Å². The summed E-state index contributed by atoms with van der Waals surface area (Å²) in [6.45, 7) is 2.80. The fourth-order valence-corrected chi connectivity index (χ4v) is 3.41. The SMILES string of the molecule is CCOc1cc(/C=N\NC(=O)c2ccc(Cl)cc2)c(Br)cc1OCc1ccc(Br)cc1. The maximum Gasteiger partial charge on any atom is 0.271 e. The summed E-state index contributed by atoms with van der Waals surface area (Å²) < 4.78 is 13.5. The van der Waals surface area contributed by atoms with Crippen molar-refractivity contribution in [2.45, 2.75) is 13.5 Å². The van der Waals surface area contributed by atoms with Crippen molar-refractivity contribution in [3.8, 4) is 11.5 Å². The number of nitrogens with zero attached hydrogens (tertiary/aromatic N) is 1. The first-order chi connectivity index (χ1) is 15.0. The topological polar surface area (TPSA) is 59.9 Å². The number of carbonyl (C=O) groups is 1. The van der Waals surface area contributed by atoms with Crippen molar-refractivity contribution in [1.82, 2.24) is 5.43 Å². The molecule has 1 amide bonds. The summed E-state index contributed by atoms with van der Waals surface area (Å²) in [6.07, 6.45) is 1.54. The molecule has 0 aliphatic rings. The Kier molecular flexibility index (Phi) is 8.51. The van der Waals surface area contributed by atoms with Gasteiger partial charge in [0.15, 0.2) is 11.5 Å². The zero-order valence-electron chi connectivity index (χ0n) is 16.6. The second-order valence-electron chi connectivity index (χ2n) is 6.37. The minimum absolute atomic E-state index is 0.330. The van der Waals surface area contributed by atoms with Crippen LogP contribution < -0.4 is 14.9 Å². The summed E-state index contributed by atoms with van der Waals surface area (Å²) in [5.74, 6) is 0.871. The number of hydrogen-bond acceptors (Lipinski definition) is 4. The van der Waals surface area contributed by atoms with Gasteiger partial charge in [0.2, 0.25) is 0 Å². The summed E-state index contributed by atoms with van der Waals surface area (Å²) in [5, 5.41) is 4.61. The number of hydrogen-bond donors (Lipinski definition) is 1. The number of carbonyl (C=O) groups excluding carboxylic acids is 1. The van der Waals surface area contributed by atoms with E-state index < -0.39 is 0 Å². The third-order valence-electron chi connectivity index (χ3n) is 4.15. The van der Waals surface area contributed by atoms with Crippen LogP contribution >= 0.6 is 43.5 Å². The van der Waals surface area contributed by atoms with E-state index in [1.165, 1.54) is 0 Å². The zero-order chi connectivity index (χ0) is 22.2. The highest BCUT2D eigenvalue weighted by Crippen LogP contribution is 2.34. The molecule has 160 valence electrons. The van der Waals surface area contributed by atoms with Gasteiger partial charge >= 0.3 is 0 Å². The van der Waals surface area contributed by atoms with E-state index in [0.717, 1.165) is 20.1 Å². The number of nitrogens with one attached hydrogen (secondary N) is 1. The van der Waals surface area contributed by atoms with Crippen molar-refractivity contribution < 1.29 is 14.3 Å². The highest BCUT2D eigenvalue weighted by molar-refractivity contribution is 9.10. The molecule has 1 N–H and O–H groups in total. The lowest BCUT2D eigenvalue weighted by Crippen LogP contribution is -2.17. The standard InChI is InChI=1S/C23H19Br2ClN2O3/c1-2-30-21-11-17(13-27-28-23(29)16-5-9-19(26)10-6-16)20(25)12-22(21)31-14-15-3-7-18(24)8-4-15/h3-13H,2,14H2,1H3,(H,28,29)/b27-13-. The summed E-state index contributed by atoms with van der Waals surface area (Å²) in [6, 6.07) is 18.1. The van der Waals surface area contributed by atoms with Crippen LogP contribution in [0.1, 0.15) is 28.4 Å². The molecule has 0 spiro atoms. The molecular formula is C23H19Br2ClN2O3. The van der Waals surface area contributed by atoms with Gasteiger partial charge in [-0.2, -0.15) is 5.10 Å². The fraction of sp³-hybridized carbons (Fsp3) is 0.130. The normalized spacial score (nSPS) is 10.8. The van der Waals surface area contributed by atoms with Gasteiger partial charge < -0.3 is 9.47 Å². The van der Waals surface area contributed by atoms with Crippen molar-refractivity contribution in [2.24, 2.45) is 5.10 Å². The zero-order valence-corrected chi connectivity index (χ0v) is 20.5. The fourth-order valence-electron chi connectivity index (χ4n) is 2.60. The van der Waals surface area contributed by atoms with Gasteiger partial charge in [0, 0.05) is 25.1 Å². The van der Waals surface area contributed by atoms with E-state index in [4.69, 9.17) is 21.1 Å². The number of rotatable bonds is 8. The predicted molar refractivity (Wildman–Crippen MR) is 130 cm³/mol. The Morgan fingerprint density at radius 1 is 1.03 bits per heavy atom. The lowest BCUT2D eigenvalue weighted by atomic mass is 10.2. The average Bonchev–Trinajstić information content (AvgIpc) is 2.76. The van der Waals surface area contributed by atoms with E-state index in [1.54, 1.807) is 30.5 Å². The molecule has 0 aliphatic heterocycles. The molecule has 0 saturated carbocycles. The molecule has 3 rings (SSSR count). The molecule has 0 atom stereocenters. The van der Waals surface area contributed by atoms with Crippen molar-refractivity contribution >= 4 is 55.6 Å². The Bertz CT molecular complexity index is 1070. The van der Waals surface area contributed by atoms with Crippen molar-refractivity contribution in [3.05, 3.63) is 91.3 Å². The van der Waals surface area contributed by atoms with Gasteiger partial charge in [-0.25, -0.2) is 5.43 Å². The van der Waals surface area contributed by atoms with Crippen LogP contribution in [0.25, 0.3) is 0 Å². The van der Waals surface area contributed by atoms with E-state index >= 15 is 0 Å². The van der Waals surface area contributed by atoms with Gasteiger partial charge in [-0.3, -0.25) is 4.79 Å². The van der Waals surface area contributed by atoms with Crippen LogP contribution in [0.5, 0.6) is 11.5 Å². The molecule has 0 bridgehead atoms. The van der Waals surface area contributed by atoms with E-state index in [2.05, 4.69) is 42.4 Å². The number of halogens is 3. The van der Waals surface area contributed by atoms with Crippen LogP contribution in [0.4, 0.5) is 0 Å². The van der Waals surface area contributed by atoms with Gasteiger partial charge in [0.25, 0.3) is 5.91 Å². The number of benzene rings is 3. The van der Waals surface area contributed by atoms with Gasteiger partial charge in [-0.1, -0.05) is 39.7 Å². The van der Waals surface area contributed by atoms with E-state index in [-0.39, 0.29) is 5.91 Å². The first-order valence-corrected chi connectivity index (χ1v) is 11.3. The Labute approximate surface area is 202 Å². The highest BCUT2D eigenvalue weighted by Gasteiger charge is 2.11. The maximum atomic E-state index is 12.2. The first-order valence-electron chi connectivity index (χ1n) is 9.39. The first kappa shape index (κ1) is 23.3. The van der Waals surface area contributed by atoms with Gasteiger partial charge in [-0.05, 0) is 76.9 Å². The van der Waals surface area contributed by atoms with Gasteiger partial charge in [0.1, 0.15) is 6.61 Å². The summed E-state index contributed by atoms with van der Waals surface area (Å²) >= 11 is 12.8. The molecule has 3 aromatic rings. The van der Waals surface area contributed by atoms with Crippen molar-refractivity contribution in [3.63, 3.8) is 0 Å². The predicted octanol–water partition coefficient (Wildman–Crippen LogP) is 6.61. The van der Waals surface area contributed by atoms with E-state index in [9.17, 15) is 4.79 Å². The average molecular weight is 567 g/mol. The molecule has 0 heterocycles. The monoisotopic (exact) mass is 564 g/mol. The van der Waals surface area contributed by atoms with Crippen LogP contribution in [-0.4, -0.2) is 18.7 Å². The minimum atomic E-state index is -0.330. The van der Waals surface area contributed by atoms with Crippen molar-refractivity contribution in [1.29, 1.82) is 0 Å². The third-order valence-corrected chi connectivity index (χ3v) is 5.61. The maximum absolute atomic E-state index is 12.2. The Morgan fingerprint density at radius 2 is 1.71 bits per heavy atom. The van der Waals surface area contributed by atoms with Crippen LogP contribution in [-0.2, 0) is 6.61 Å². The molecule has 0 aliphatic carbocycles. The molecule has 0 saturated heterocycles. The summed E-state index contributed by atoms with van der Waals surface area (Å²) in [5.41, 5.74) is 4.74. The Morgan fingerprint density at radius 3 is 2.39 bits per heavy atom. The van der Waals surface area contributed by atoms with Crippen LogP contribution in [0.15, 0.2) is 74.7 Å². The third kappa shape index (κ3) is 6.82. The molecule has 0 radical (unpaired) electrons. The molecule has 8 heteroatoms. The molecule has 5 nitrogen and oxygen atoms in total. The molecule has 0 aromatic heterocycles. The van der Waals surface area contributed by atoms with Crippen LogP contribution in [0, 0.1) is 0 Å². The second-order valence-corrected chi connectivity index (χ2v) is 8.58. The van der Waals surface area contributed by atoms with Gasteiger partial charge in [0.05, 0.1) is 12.8 Å². The van der Waals surface area contributed by atoms with Gasteiger partial charge in [-0.15, -0.1) is 0 Å². The summed E-state index contributed by atoms with van der Waals surface area (Å²) in [7, 11) is 0. The van der Waals surface area contributed by atoms with E-state index in [0.29, 0.717) is 35.3 Å². The number of hydrazone groups is 1. The van der Waals surface area contributed by atoms with E-state index in [1.807, 2.05) is 43.3 Å².